The molecule has 1 fully saturated rings. The topological polar surface area (TPSA) is 59.5 Å². The lowest BCUT2D eigenvalue weighted by Crippen LogP contribution is -2.34. The average molecular weight is 305 g/mol. The van der Waals surface area contributed by atoms with Crippen LogP contribution in [0.1, 0.15) is 12.8 Å². The van der Waals surface area contributed by atoms with Crippen LogP contribution in [0.2, 0.25) is 5.02 Å². The van der Waals surface area contributed by atoms with Crippen molar-refractivity contribution < 1.29 is 13.2 Å². The molecule has 19 heavy (non-hydrogen) atoms. The predicted molar refractivity (Wildman–Crippen MR) is 75.0 cm³/mol. The number of hydrogen-bond donors (Lipinski definition) is 0. The largest absolute Gasteiger partial charge is 0.381 e. The van der Waals surface area contributed by atoms with Crippen molar-refractivity contribution >= 4 is 27.4 Å². The molecule has 0 unspecified atom stereocenters. The third-order valence-electron chi connectivity index (χ3n) is 3.24. The molecule has 0 N–H and O–H groups in total. The van der Waals surface area contributed by atoms with E-state index in [4.69, 9.17) is 16.3 Å². The molecule has 0 atom stereocenters. The van der Waals surface area contributed by atoms with Gasteiger partial charge in [0.05, 0.1) is 10.8 Å². The second kappa shape index (κ2) is 6.07. The van der Waals surface area contributed by atoms with E-state index >= 15 is 0 Å². The van der Waals surface area contributed by atoms with Crippen LogP contribution in [-0.4, -0.2) is 39.4 Å². The SMILES string of the molecule is CN(c1ccc(Cl)cn1)S(=O)(=O)CC1CCOCC1. The van der Waals surface area contributed by atoms with Gasteiger partial charge in [0.25, 0.3) is 0 Å². The van der Waals surface area contributed by atoms with Crippen molar-refractivity contribution in [1.82, 2.24) is 4.98 Å². The van der Waals surface area contributed by atoms with Gasteiger partial charge in [-0.3, -0.25) is 4.31 Å². The normalized spacial score (nSPS) is 17.4. The molecule has 1 aromatic rings. The summed E-state index contributed by atoms with van der Waals surface area (Å²) in [6, 6.07) is 3.23. The highest BCUT2D eigenvalue weighted by Crippen LogP contribution is 2.21. The highest BCUT2D eigenvalue weighted by Gasteiger charge is 2.26. The summed E-state index contributed by atoms with van der Waals surface area (Å²) in [4.78, 5) is 4.03. The van der Waals surface area contributed by atoms with Gasteiger partial charge in [-0.05, 0) is 30.9 Å². The number of ether oxygens (including phenoxy) is 1. The van der Waals surface area contributed by atoms with Gasteiger partial charge in [0.1, 0.15) is 5.82 Å². The Bertz CT molecular complexity index is 512. The number of sulfonamides is 1. The standard InChI is InChI=1S/C12H17ClN2O3S/c1-15(12-3-2-11(13)8-14-12)19(16,17)9-10-4-6-18-7-5-10/h2-3,8,10H,4-7,9H2,1H3. The molecule has 5 nitrogen and oxygen atoms in total. The molecule has 2 heterocycles. The molecule has 2 rings (SSSR count). The molecule has 0 spiro atoms. The average Bonchev–Trinajstić information content (AvgIpc) is 2.39. The molecule has 0 saturated carbocycles. The number of hydrogen-bond acceptors (Lipinski definition) is 4. The van der Waals surface area contributed by atoms with E-state index in [9.17, 15) is 8.42 Å². The summed E-state index contributed by atoms with van der Waals surface area (Å²) in [6.45, 7) is 1.28. The number of anilines is 1. The summed E-state index contributed by atoms with van der Waals surface area (Å²) in [5.41, 5.74) is 0. The van der Waals surface area contributed by atoms with Gasteiger partial charge in [-0.2, -0.15) is 0 Å². The summed E-state index contributed by atoms with van der Waals surface area (Å²) in [7, 11) is -1.83. The Morgan fingerprint density at radius 1 is 1.42 bits per heavy atom. The van der Waals surface area contributed by atoms with E-state index in [1.165, 1.54) is 17.5 Å². The molecule has 0 amide bonds. The molecular weight excluding hydrogens is 288 g/mol. The Kier molecular flexibility index (Phi) is 4.65. The maximum absolute atomic E-state index is 12.3. The van der Waals surface area contributed by atoms with Crippen LogP contribution in [0.15, 0.2) is 18.3 Å². The predicted octanol–water partition coefficient (Wildman–Crippen LogP) is 1.93. The number of aromatic nitrogens is 1. The second-order valence-electron chi connectivity index (χ2n) is 4.64. The Morgan fingerprint density at radius 2 is 2.11 bits per heavy atom. The first-order valence-electron chi connectivity index (χ1n) is 6.15. The third kappa shape index (κ3) is 3.81. The molecule has 106 valence electrons. The van der Waals surface area contributed by atoms with E-state index < -0.39 is 10.0 Å². The van der Waals surface area contributed by atoms with Gasteiger partial charge in [0, 0.05) is 26.5 Å². The van der Waals surface area contributed by atoms with Crippen LogP contribution in [0.5, 0.6) is 0 Å². The fourth-order valence-corrected chi connectivity index (χ4v) is 3.68. The minimum atomic E-state index is -3.35. The van der Waals surface area contributed by atoms with Crippen LogP contribution in [0, 0.1) is 5.92 Å². The molecule has 0 aromatic carbocycles. The minimum absolute atomic E-state index is 0.136. The zero-order valence-electron chi connectivity index (χ0n) is 10.8. The first-order valence-corrected chi connectivity index (χ1v) is 8.13. The molecule has 0 bridgehead atoms. The van der Waals surface area contributed by atoms with Crippen LogP contribution >= 0.6 is 11.6 Å². The van der Waals surface area contributed by atoms with E-state index in [0.717, 1.165) is 12.8 Å². The van der Waals surface area contributed by atoms with E-state index in [0.29, 0.717) is 24.1 Å². The smallest absolute Gasteiger partial charge is 0.236 e. The van der Waals surface area contributed by atoms with Crippen molar-refractivity contribution in [3.8, 4) is 0 Å². The van der Waals surface area contributed by atoms with Crippen LogP contribution in [-0.2, 0) is 14.8 Å². The monoisotopic (exact) mass is 304 g/mol. The quantitative estimate of drug-likeness (QED) is 0.853. The maximum atomic E-state index is 12.3. The van der Waals surface area contributed by atoms with Crippen LogP contribution in [0.25, 0.3) is 0 Å². The van der Waals surface area contributed by atoms with Crippen LogP contribution < -0.4 is 4.31 Å². The van der Waals surface area contributed by atoms with Gasteiger partial charge in [-0.1, -0.05) is 11.6 Å². The summed E-state index contributed by atoms with van der Waals surface area (Å²) in [5.74, 6) is 0.682. The van der Waals surface area contributed by atoms with Crippen molar-refractivity contribution in [3.05, 3.63) is 23.4 Å². The van der Waals surface area contributed by atoms with Crippen molar-refractivity contribution in [1.29, 1.82) is 0 Å². The van der Waals surface area contributed by atoms with Gasteiger partial charge in [0.2, 0.25) is 10.0 Å². The molecule has 0 radical (unpaired) electrons. The van der Waals surface area contributed by atoms with Gasteiger partial charge >= 0.3 is 0 Å². The second-order valence-corrected chi connectivity index (χ2v) is 7.12. The molecule has 1 aliphatic rings. The number of rotatable bonds is 4. The van der Waals surface area contributed by atoms with Gasteiger partial charge < -0.3 is 4.74 Å². The number of nitrogens with zero attached hydrogens (tertiary/aromatic N) is 2. The summed E-state index contributed by atoms with van der Waals surface area (Å²) < 4.78 is 31.1. The fourth-order valence-electron chi connectivity index (χ4n) is 2.02. The van der Waals surface area contributed by atoms with Crippen molar-refractivity contribution in [2.45, 2.75) is 12.8 Å². The number of pyridine rings is 1. The lowest BCUT2D eigenvalue weighted by Gasteiger charge is -2.25. The minimum Gasteiger partial charge on any atom is -0.381 e. The molecule has 1 saturated heterocycles. The lowest BCUT2D eigenvalue weighted by atomic mass is 10.0. The Hall–Kier alpha value is -0.850. The number of halogens is 1. The Morgan fingerprint density at radius 3 is 2.68 bits per heavy atom. The van der Waals surface area contributed by atoms with Crippen LogP contribution in [0.4, 0.5) is 5.82 Å². The van der Waals surface area contributed by atoms with E-state index in [1.54, 1.807) is 12.1 Å². The highest BCUT2D eigenvalue weighted by molar-refractivity contribution is 7.92. The molecule has 0 aliphatic carbocycles. The summed E-state index contributed by atoms with van der Waals surface area (Å²) >= 11 is 5.74. The van der Waals surface area contributed by atoms with Crippen molar-refractivity contribution in [2.75, 3.05) is 30.3 Å². The summed E-state index contributed by atoms with van der Waals surface area (Å²) in [6.07, 6.45) is 3.03. The third-order valence-corrected chi connectivity index (χ3v) is 5.38. The van der Waals surface area contributed by atoms with E-state index in [1.807, 2.05) is 0 Å². The van der Waals surface area contributed by atoms with Crippen LogP contribution in [0.3, 0.4) is 0 Å². The van der Waals surface area contributed by atoms with Gasteiger partial charge in [0.15, 0.2) is 0 Å². The Balaban J connectivity index is 2.07. The summed E-state index contributed by atoms with van der Waals surface area (Å²) in [5, 5.41) is 0.485. The maximum Gasteiger partial charge on any atom is 0.236 e. The fraction of sp³-hybridized carbons (Fsp3) is 0.583. The van der Waals surface area contributed by atoms with Crippen molar-refractivity contribution in [2.24, 2.45) is 5.92 Å². The Labute approximate surface area is 118 Å². The zero-order valence-corrected chi connectivity index (χ0v) is 12.3. The molecule has 1 aliphatic heterocycles. The molecular formula is C12H17ClN2O3S. The first-order chi connectivity index (χ1) is 8.99. The van der Waals surface area contributed by atoms with Gasteiger partial charge in [-0.15, -0.1) is 0 Å². The lowest BCUT2D eigenvalue weighted by molar-refractivity contribution is 0.0723. The first kappa shape index (κ1) is 14.6. The molecule has 7 heteroatoms. The van der Waals surface area contributed by atoms with E-state index in [-0.39, 0.29) is 11.7 Å². The van der Waals surface area contributed by atoms with Crippen molar-refractivity contribution in [3.63, 3.8) is 0 Å². The highest BCUT2D eigenvalue weighted by atomic mass is 35.5. The van der Waals surface area contributed by atoms with E-state index in [2.05, 4.69) is 4.98 Å². The zero-order chi connectivity index (χ0) is 13.9. The van der Waals surface area contributed by atoms with Gasteiger partial charge in [-0.25, -0.2) is 13.4 Å². The molecule has 1 aromatic heterocycles.